The number of carboxylic acids is 1. The SMILES string of the molecule is O=C(O)c1[nH]c(=S)[nH]c1-c1ccccc1Cl. The summed E-state index contributed by atoms with van der Waals surface area (Å²) in [5.41, 5.74) is 1.01. The fourth-order valence-electron chi connectivity index (χ4n) is 1.41. The number of aromatic amines is 2. The van der Waals surface area contributed by atoms with Gasteiger partial charge in [0.1, 0.15) is 0 Å². The lowest BCUT2D eigenvalue weighted by Crippen LogP contribution is -1.99. The Hall–Kier alpha value is -1.59. The quantitative estimate of drug-likeness (QED) is 0.722. The van der Waals surface area contributed by atoms with E-state index in [0.29, 0.717) is 16.3 Å². The Morgan fingerprint density at radius 3 is 2.62 bits per heavy atom. The standard InChI is InChI=1S/C10H7ClN2O2S/c11-6-4-2-1-3-5(6)7-8(9(14)15)13-10(16)12-7/h1-4H,(H,14,15)(H2,12,13,16). The van der Waals surface area contributed by atoms with Crippen LogP contribution in [0.5, 0.6) is 0 Å². The van der Waals surface area contributed by atoms with Crippen molar-refractivity contribution in [3.63, 3.8) is 0 Å². The van der Waals surface area contributed by atoms with Gasteiger partial charge in [-0.1, -0.05) is 29.8 Å². The fraction of sp³-hybridized carbons (Fsp3) is 0. The monoisotopic (exact) mass is 254 g/mol. The van der Waals surface area contributed by atoms with E-state index in [1.807, 2.05) is 0 Å². The molecule has 16 heavy (non-hydrogen) atoms. The lowest BCUT2D eigenvalue weighted by molar-refractivity contribution is 0.0692. The minimum Gasteiger partial charge on any atom is -0.477 e. The van der Waals surface area contributed by atoms with Crippen molar-refractivity contribution in [3.8, 4) is 11.3 Å². The van der Waals surface area contributed by atoms with E-state index in [9.17, 15) is 4.79 Å². The van der Waals surface area contributed by atoms with Crippen molar-refractivity contribution >= 4 is 29.8 Å². The summed E-state index contributed by atoms with van der Waals surface area (Å²) in [4.78, 5) is 16.3. The van der Waals surface area contributed by atoms with Crippen molar-refractivity contribution in [1.29, 1.82) is 0 Å². The average molecular weight is 255 g/mol. The molecular formula is C10H7ClN2O2S. The van der Waals surface area contributed by atoms with E-state index < -0.39 is 5.97 Å². The number of rotatable bonds is 2. The highest BCUT2D eigenvalue weighted by Crippen LogP contribution is 2.28. The molecule has 0 fully saturated rings. The third-order valence-electron chi connectivity index (χ3n) is 2.08. The van der Waals surface area contributed by atoms with Crippen LogP contribution in [0.15, 0.2) is 24.3 Å². The molecule has 0 spiro atoms. The predicted molar refractivity (Wildman–Crippen MR) is 63.4 cm³/mol. The average Bonchev–Trinajstić information content (AvgIpc) is 2.61. The third-order valence-corrected chi connectivity index (χ3v) is 2.62. The molecule has 2 rings (SSSR count). The number of nitrogens with one attached hydrogen (secondary N) is 2. The van der Waals surface area contributed by atoms with Gasteiger partial charge in [-0.2, -0.15) is 0 Å². The van der Waals surface area contributed by atoms with E-state index in [4.69, 9.17) is 28.9 Å². The number of aromatic nitrogens is 2. The Kier molecular flexibility index (Phi) is 2.80. The van der Waals surface area contributed by atoms with Gasteiger partial charge in [-0.15, -0.1) is 0 Å². The van der Waals surface area contributed by atoms with E-state index in [0.717, 1.165) is 0 Å². The third kappa shape index (κ3) is 1.87. The highest BCUT2D eigenvalue weighted by atomic mass is 35.5. The molecule has 0 radical (unpaired) electrons. The molecule has 0 atom stereocenters. The Morgan fingerprint density at radius 2 is 2.00 bits per heavy atom. The van der Waals surface area contributed by atoms with Gasteiger partial charge in [-0.05, 0) is 18.3 Å². The normalized spacial score (nSPS) is 10.3. The molecule has 0 aliphatic carbocycles. The molecule has 0 saturated carbocycles. The number of hydrogen-bond acceptors (Lipinski definition) is 2. The van der Waals surface area contributed by atoms with E-state index in [2.05, 4.69) is 9.97 Å². The van der Waals surface area contributed by atoms with Gasteiger partial charge >= 0.3 is 5.97 Å². The molecular weight excluding hydrogens is 248 g/mol. The van der Waals surface area contributed by atoms with Crippen LogP contribution in [0.2, 0.25) is 5.02 Å². The van der Waals surface area contributed by atoms with Gasteiger partial charge < -0.3 is 15.1 Å². The lowest BCUT2D eigenvalue weighted by atomic mass is 10.1. The molecule has 0 saturated heterocycles. The largest absolute Gasteiger partial charge is 0.477 e. The van der Waals surface area contributed by atoms with E-state index in [1.165, 1.54) is 0 Å². The number of hydrogen-bond donors (Lipinski definition) is 3. The van der Waals surface area contributed by atoms with Gasteiger partial charge in [0.2, 0.25) is 0 Å². The Morgan fingerprint density at radius 1 is 1.31 bits per heavy atom. The molecule has 2 aromatic rings. The first-order valence-electron chi connectivity index (χ1n) is 4.40. The summed E-state index contributed by atoms with van der Waals surface area (Å²) in [6.07, 6.45) is 0. The highest BCUT2D eigenvalue weighted by molar-refractivity contribution is 7.71. The van der Waals surface area contributed by atoms with Crippen molar-refractivity contribution in [2.24, 2.45) is 0 Å². The number of carboxylic acid groups (broad SMARTS) is 1. The summed E-state index contributed by atoms with van der Waals surface area (Å²) >= 11 is 10.8. The van der Waals surface area contributed by atoms with Crippen molar-refractivity contribution in [3.05, 3.63) is 39.8 Å². The zero-order valence-corrected chi connectivity index (χ0v) is 9.52. The lowest BCUT2D eigenvalue weighted by Gasteiger charge is -2.02. The van der Waals surface area contributed by atoms with Crippen LogP contribution in [0.1, 0.15) is 10.5 Å². The number of halogens is 1. The van der Waals surface area contributed by atoms with Crippen molar-refractivity contribution in [1.82, 2.24) is 9.97 Å². The molecule has 3 N–H and O–H groups in total. The molecule has 6 heteroatoms. The van der Waals surface area contributed by atoms with E-state index >= 15 is 0 Å². The summed E-state index contributed by atoms with van der Waals surface area (Å²) < 4.78 is 0.257. The van der Waals surface area contributed by atoms with Crippen LogP contribution in [-0.4, -0.2) is 21.0 Å². The second-order valence-electron chi connectivity index (χ2n) is 3.11. The van der Waals surface area contributed by atoms with Gasteiger partial charge in [0.25, 0.3) is 0 Å². The van der Waals surface area contributed by atoms with Crippen molar-refractivity contribution in [2.75, 3.05) is 0 Å². The number of aromatic carboxylic acids is 1. The van der Waals surface area contributed by atoms with Gasteiger partial charge in [0.15, 0.2) is 10.5 Å². The van der Waals surface area contributed by atoms with Gasteiger partial charge in [-0.25, -0.2) is 4.79 Å². The smallest absolute Gasteiger partial charge is 0.354 e. The molecule has 1 aromatic carbocycles. The molecule has 82 valence electrons. The zero-order chi connectivity index (χ0) is 11.7. The second kappa shape index (κ2) is 4.11. The Labute approximate surface area is 101 Å². The summed E-state index contributed by atoms with van der Waals surface area (Å²) in [5.74, 6) is -1.08. The summed E-state index contributed by atoms with van der Waals surface area (Å²) in [7, 11) is 0. The second-order valence-corrected chi connectivity index (χ2v) is 3.93. The van der Waals surface area contributed by atoms with E-state index in [1.54, 1.807) is 24.3 Å². The summed E-state index contributed by atoms with van der Waals surface area (Å²) in [6.45, 7) is 0. The van der Waals surface area contributed by atoms with Crippen LogP contribution < -0.4 is 0 Å². The van der Waals surface area contributed by atoms with Crippen LogP contribution in [0, 0.1) is 4.77 Å². The molecule has 0 aliphatic heterocycles. The Bertz CT molecular complexity index is 603. The summed E-state index contributed by atoms with van der Waals surface area (Å²) in [6, 6.07) is 6.96. The maximum Gasteiger partial charge on any atom is 0.354 e. The zero-order valence-electron chi connectivity index (χ0n) is 7.95. The minimum absolute atomic E-state index is 0.0121. The molecule has 0 bridgehead atoms. The van der Waals surface area contributed by atoms with Crippen molar-refractivity contribution < 1.29 is 9.90 Å². The molecule has 4 nitrogen and oxygen atoms in total. The number of imidazole rings is 1. The van der Waals surface area contributed by atoms with Crippen LogP contribution in [0.3, 0.4) is 0 Å². The van der Waals surface area contributed by atoms with Gasteiger partial charge in [0, 0.05) is 10.6 Å². The summed E-state index contributed by atoms with van der Waals surface area (Å²) in [5, 5.41) is 9.46. The Balaban J connectivity index is 2.69. The van der Waals surface area contributed by atoms with Gasteiger partial charge in [-0.3, -0.25) is 0 Å². The maximum absolute atomic E-state index is 11.0. The molecule has 1 heterocycles. The van der Waals surface area contributed by atoms with E-state index in [-0.39, 0.29) is 10.5 Å². The maximum atomic E-state index is 11.0. The number of benzene rings is 1. The number of H-pyrrole nitrogens is 2. The minimum atomic E-state index is -1.08. The van der Waals surface area contributed by atoms with Gasteiger partial charge in [0.05, 0.1) is 5.69 Å². The topological polar surface area (TPSA) is 68.9 Å². The fourth-order valence-corrected chi connectivity index (χ4v) is 1.84. The first kappa shape index (κ1) is 10.9. The first-order chi connectivity index (χ1) is 7.59. The van der Waals surface area contributed by atoms with Crippen LogP contribution >= 0.6 is 23.8 Å². The predicted octanol–water partition coefficient (Wildman–Crippen LogP) is 3.09. The molecule has 0 unspecified atom stereocenters. The van der Waals surface area contributed by atoms with Crippen LogP contribution in [-0.2, 0) is 0 Å². The molecule has 0 amide bonds. The number of carbonyl (C=O) groups is 1. The molecule has 1 aromatic heterocycles. The first-order valence-corrected chi connectivity index (χ1v) is 5.18. The molecule has 0 aliphatic rings. The van der Waals surface area contributed by atoms with Crippen molar-refractivity contribution in [2.45, 2.75) is 0 Å². The van der Waals surface area contributed by atoms with Crippen LogP contribution in [0.25, 0.3) is 11.3 Å². The highest BCUT2D eigenvalue weighted by Gasteiger charge is 2.16. The van der Waals surface area contributed by atoms with Crippen LogP contribution in [0.4, 0.5) is 0 Å².